The zero-order chi connectivity index (χ0) is 16.7. The van der Waals surface area contributed by atoms with E-state index in [9.17, 15) is 4.79 Å². The van der Waals surface area contributed by atoms with E-state index in [2.05, 4.69) is 19.2 Å². The van der Waals surface area contributed by atoms with Crippen LogP contribution in [0.15, 0.2) is 54.6 Å². The van der Waals surface area contributed by atoms with Crippen molar-refractivity contribution in [2.24, 2.45) is 5.92 Å². The summed E-state index contributed by atoms with van der Waals surface area (Å²) in [5.41, 5.74) is 1.77. The molecule has 3 nitrogen and oxygen atoms in total. The lowest BCUT2D eigenvalue weighted by atomic mass is 9.85. The zero-order valence-electron chi connectivity index (χ0n) is 14.1. The Bertz CT molecular complexity index is 625. The Kier molecular flexibility index (Phi) is 6.21. The van der Waals surface area contributed by atoms with Crippen molar-refractivity contribution >= 4 is 11.6 Å². The smallest absolute Gasteiger partial charge is 0.232 e. The van der Waals surface area contributed by atoms with E-state index in [4.69, 9.17) is 4.74 Å². The third-order valence-corrected chi connectivity index (χ3v) is 4.10. The predicted octanol–water partition coefficient (Wildman–Crippen LogP) is 4.85. The van der Waals surface area contributed by atoms with Gasteiger partial charge in [-0.05, 0) is 30.5 Å². The number of para-hydroxylation sites is 2. The van der Waals surface area contributed by atoms with Gasteiger partial charge in [0.05, 0.1) is 18.2 Å². The van der Waals surface area contributed by atoms with Gasteiger partial charge in [0.15, 0.2) is 0 Å². The van der Waals surface area contributed by atoms with Gasteiger partial charge in [-0.3, -0.25) is 4.79 Å². The van der Waals surface area contributed by atoms with Crippen LogP contribution in [0.3, 0.4) is 0 Å². The molecule has 0 aliphatic heterocycles. The van der Waals surface area contributed by atoms with Crippen molar-refractivity contribution in [2.45, 2.75) is 33.1 Å². The Morgan fingerprint density at radius 2 is 1.70 bits per heavy atom. The van der Waals surface area contributed by atoms with Crippen LogP contribution >= 0.6 is 0 Å². The van der Waals surface area contributed by atoms with Gasteiger partial charge in [0, 0.05) is 0 Å². The Morgan fingerprint density at radius 3 is 2.35 bits per heavy atom. The third-order valence-electron chi connectivity index (χ3n) is 4.10. The second-order valence-electron chi connectivity index (χ2n) is 5.69. The summed E-state index contributed by atoms with van der Waals surface area (Å²) in [6, 6.07) is 17.5. The van der Waals surface area contributed by atoms with Gasteiger partial charge in [0.1, 0.15) is 5.75 Å². The van der Waals surface area contributed by atoms with Gasteiger partial charge in [-0.15, -0.1) is 0 Å². The molecule has 0 saturated carbocycles. The molecule has 0 unspecified atom stereocenters. The average Bonchev–Trinajstić information content (AvgIpc) is 2.58. The van der Waals surface area contributed by atoms with Crippen LogP contribution < -0.4 is 10.1 Å². The first-order chi connectivity index (χ1) is 11.2. The fourth-order valence-electron chi connectivity index (χ4n) is 2.70. The molecular weight excluding hydrogens is 286 g/mol. The highest BCUT2D eigenvalue weighted by Gasteiger charge is 2.26. The van der Waals surface area contributed by atoms with Gasteiger partial charge >= 0.3 is 0 Å². The van der Waals surface area contributed by atoms with Gasteiger partial charge in [0.2, 0.25) is 5.91 Å². The average molecular weight is 311 g/mol. The molecule has 0 radical (unpaired) electrons. The molecule has 2 aromatic rings. The minimum absolute atomic E-state index is 0.0118. The number of anilines is 1. The molecule has 0 aliphatic carbocycles. The second kappa shape index (κ2) is 8.37. The first kappa shape index (κ1) is 17.1. The van der Waals surface area contributed by atoms with Crippen LogP contribution in [0, 0.1) is 5.92 Å². The van der Waals surface area contributed by atoms with Gasteiger partial charge in [-0.2, -0.15) is 0 Å². The summed E-state index contributed by atoms with van der Waals surface area (Å²) in [5.74, 6) is 0.810. The van der Waals surface area contributed by atoms with Crippen molar-refractivity contribution in [2.75, 3.05) is 11.9 Å². The minimum atomic E-state index is -0.170. The van der Waals surface area contributed by atoms with Gasteiger partial charge in [-0.25, -0.2) is 0 Å². The number of carbonyl (C=O) groups is 1. The number of hydrogen-bond acceptors (Lipinski definition) is 2. The van der Waals surface area contributed by atoms with Crippen molar-refractivity contribution in [3.8, 4) is 5.75 Å². The second-order valence-corrected chi connectivity index (χ2v) is 5.69. The standard InChI is InChI=1S/C20H25NO2/c1-4-15(3)19(16-11-7-6-8-12-16)20(22)21-17-13-9-10-14-18(17)23-5-2/h6-15,19H,4-5H2,1-3H3,(H,21,22)/t15-,19+/m1/s1. The largest absolute Gasteiger partial charge is 0.492 e. The van der Waals surface area contributed by atoms with Crippen LogP contribution in [0.5, 0.6) is 5.75 Å². The van der Waals surface area contributed by atoms with Gasteiger partial charge < -0.3 is 10.1 Å². The van der Waals surface area contributed by atoms with Crippen molar-refractivity contribution in [3.63, 3.8) is 0 Å². The van der Waals surface area contributed by atoms with E-state index in [1.807, 2.05) is 61.5 Å². The Morgan fingerprint density at radius 1 is 1.04 bits per heavy atom. The number of ether oxygens (including phenoxy) is 1. The van der Waals surface area contributed by atoms with Crippen molar-refractivity contribution in [3.05, 3.63) is 60.2 Å². The molecule has 3 heteroatoms. The molecule has 0 aliphatic rings. The Balaban J connectivity index is 2.25. The third kappa shape index (κ3) is 4.35. The van der Waals surface area contributed by atoms with Crippen LogP contribution in [0.2, 0.25) is 0 Å². The lowest BCUT2D eigenvalue weighted by molar-refractivity contribution is -0.118. The van der Waals surface area contributed by atoms with Crippen LogP contribution in [0.1, 0.15) is 38.7 Å². The maximum absolute atomic E-state index is 12.9. The molecule has 1 N–H and O–H groups in total. The van der Waals surface area contributed by atoms with E-state index in [1.165, 1.54) is 0 Å². The summed E-state index contributed by atoms with van der Waals surface area (Å²) >= 11 is 0. The first-order valence-corrected chi connectivity index (χ1v) is 8.25. The van der Waals surface area contributed by atoms with Crippen LogP contribution in [0.25, 0.3) is 0 Å². The van der Waals surface area contributed by atoms with Crippen LogP contribution in [0.4, 0.5) is 5.69 Å². The summed E-state index contributed by atoms with van der Waals surface area (Å²) in [6.07, 6.45) is 0.945. The Labute approximate surface area is 138 Å². The number of amides is 1. The number of benzene rings is 2. The molecule has 0 heterocycles. The first-order valence-electron chi connectivity index (χ1n) is 8.25. The van der Waals surface area contributed by atoms with E-state index in [0.717, 1.165) is 17.7 Å². The highest BCUT2D eigenvalue weighted by molar-refractivity contribution is 5.97. The molecule has 0 bridgehead atoms. The summed E-state index contributed by atoms with van der Waals surface area (Å²) in [7, 11) is 0. The summed E-state index contributed by atoms with van der Waals surface area (Å²) in [6.45, 7) is 6.73. The summed E-state index contributed by atoms with van der Waals surface area (Å²) < 4.78 is 5.60. The molecule has 23 heavy (non-hydrogen) atoms. The van der Waals surface area contributed by atoms with Crippen LogP contribution in [-0.2, 0) is 4.79 Å². The lowest BCUT2D eigenvalue weighted by Gasteiger charge is -2.23. The quantitative estimate of drug-likeness (QED) is 0.793. The van der Waals surface area contributed by atoms with E-state index in [-0.39, 0.29) is 17.7 Å². The van der Waals surface area contributed by atoms with Crippen molar-refractivity contribution < 1.29 is 9.53 Å². The molecule has 0 fully saturated rings. The highest BCUT2D eigenvalue weighted by atomic mass is 16.5. The predicted molar refractivity (Wildman–Crippen MR) is 94.9 cm³/mol. The van der Waals surface area contributed by atoms with Gasteiger partial charge in [-0.1, -0.05) is 62.7 Å². The zero-order valence-corrected chi connectivity index (χ0v) is 14.1. The van der Waals surface area contributed by atoms with Crippen molar-refractivity contribution in [1.82, 2.24) is 0 Å². The molecule has 0 saturated heterocycles. The number of rotatable bonds is 7. The van der Waals surface area contributed by atoms with E-state index in [0.29, 0.717) is 12.4 Å². The van der Waals surface area contributed by atoms with E-state index >= 15 is 0 Å². The van der Waals surface area contributed by atoms with E-state index < -0.39 is 0 Å². The monoisotopic (exact) mass is 311 g/mol. The molecule has 2 atom stereocenters. The summed E-state index contributed by atoms with van der Waals surface area (Å²) in [4.78, 5) is 12.9. The maximum atomic E-state index is 12.9. The highest BCUT2D eigenvalue weighted by Crippen LogP contribution is 2.30. The fraction of sp³-hybridized carbons (Fsp3) is 0.350. The molecule has 2 aromatic carbocycles. The number of nitrogens with one attached hydrogen (secondary N) is 1. The number of hydrogen-bond donors (Lipinski definition) is 1. The normalized spacial score (nSPS) is 13.2. The maximum Gasteiger partial charge on any atom is 0.232 e. The van der Waals surface area contributed by atoms with Crippen molar-refractivity contribution in [1.29, 1.82) is 0 Å². The lowest BCUT2D eigenvalue weighted by Crippen LogP contribution is -2.26. The minimum Gasteiger partial charge on any atom is -0.492 e. The molecule has 2 rings (SSSR count). The topological polar surface area (TPSA) is 38.3 Å². The van der Waals surface area contributed by atoms with Gasteiger partial charge in [0.25, 0.3) is 0 Å². The molecule has 0 spiro atoms. The Hall–Kier alpha value is -2.29. The fourth-order valence-corrected chi connectivity index (χ4v) is 2.70. The van der Waals surface area contributed by atoms with Crippen LogP contribution in [-0.4, -0.2) is 12.5 Å². The SMILES string of the molecule is CCOc1ccccc1NC(=O)[C@H](c1ccccc1)[C@H](C)CC. The molecule has 1 amide bonds. The number of carbonyl (C=O) groups excluding carboxylic acids is 1. The molecule has 122 valence electrons. The van der Waals surface area contributed by atoms with E-state index in [1.54, 1.807) is 0 Å². The summed E-state index contributed by atoms with van der Waals surface area (Å²) in [5, 5.41) is 3.05. The molecule has 0 aromatic heterocycles. The molecular formula is C20H25NO2.